The van der Waals surface area contributed by atoms with Crippen LogP contribution in [0.1, 0.15) is 6.92 Å². The van der Waals surface area contributed by atoms with Crippen molar-refractivity contribution < 1.29 is 31.1 Å². The zero-order valence-electron chi connectivity index (χ0n) is 8.41. The third-order valence-electron chi connectivity index (χ3n) is 2.31. The molecule has 0 spiro atoms. The van der Waals surface area contributed by atoms with Gasteiger partial charge in [-0.25, -0.2) is 0 Å². The first-order valence-corrected chi connectivity index (χ1v) is 4.45. The summed E-state index contributed by atoms with van der Waals surface area (Å²) in [7, 11) is 0. The lowest BCUT2D eigenvalue weighted by Gasteiger charge is -2.06. The van der Waals surface area contributed by atoms with Crippen molar-refractivity contribution in [3.63, 3.8) is 0 Å². The highest BCUT2D eigenvalue weighted by Gasteiger charge is 2.74. The molecule has 1 amide bonds. The molecule has 1 saturated carbocycles. The Balaban J connectivity index is 2.78. The maximum absolute atomic E-state index is 12.2. The van der Waals surface area contributed by atoms with Crippen molar-refractivity contribution in [3.8, 4) is 11.8 Å². The molecule has 0 radical (unpaired) electrons. The first kappa shape index (κ1) is 13.7. The molecular weight excluding hydrogens is 252 g/mol. The van der Waals surface area contributed by atoms with Crippen molar-refractivity contribution in [2.45, 2.75) is 25.3 Å². The van der Waals surface area contributed by atoms with Crippen LogP contribution in [0.3, 0.4) is 0 Å². The van der Waals surface area contributed by atoms with Crippen LogP contribution in [0.4, 0.5) is 26.3 Å². The molecule has 0 bridgehead atoms. The second-order valence-electron chi connectivity index (χ2n) is 3.51. The van der Waals surface area contributed by atoms with Gasteiger partial charge in [-0.2, -0.15) is 26.3 Å². The summed E-state index contributed by atoms with van der Waals surface area (Å²) >= 11 is 0. The summed E-state index contributed by atoms with van der Waals surface area (Å²) in [5.41, 5.74) is 0. The minimum Gasteiger partial charge on any atom is -0.341 e. The molecule has 1 N–H and O–H groups in total. The fraction of sp³-hybridized carbons (Fsp3) is 0.667. The predicted molar refractivity (Wildman–Crippen MR) is 44.5 cm³/mol. The number of halogens is 6. The van der Waals surface area contributed by atoms with E-state index in [-0.39, 0.29) is 0 Å². The molecule has 1 fully saturated rings. The summed E-state index contributed by atoms with van der Waals surface area (Å²) in [6, 6.07) is -1.97. The van der Waals surface area contributed by atoms with Crippen LogP contribution in [-0.4, -0.2) is 24.3 Å². The molecule has 0 aliphatic heterocycles. The molecule has 96 valence electrons. The average molecular weight is 259 g/mol. The smallest absolute Gasteiger partial charge is 0.341 e. The van der Waals surface area contributed by atoms with E-state index in [1.54, 1.807) is 5.32 Å². The van der Waals surface area contributed by atoms with Crippen LogP contribution >= 0.6 is 0 Å². The molecule has 2 unspecified atom stereocenters. The lowest BCUT2D eigenvalue weighted by Crippen LogP contribution is -2.29. The van der Waals surface area contributed by atoms with Gasteiger partial charge in [-0.05, 0) is 12.8 Å². The first-order chi connectivity index (χ1) is 7.59. The summed E-state index contributed by atoms with van der Waals surface area (Å²) in [5.74, 6) is -2.39. The Bertz CT molecular complexity index is 354. The Hall–Kier alpha value is -1.39. The van der Waals surface area contributed by atoms with Crippen molar-refractivity contribution in [3.05, 3.63) is 0 Å². The SMILES string of the molecule is CC#CC(=O)NC1C(C(F)(F)F)C1C(F)(F)F. The molecule has 2 atom stereocenters. The van der Waals surface area contributed by atoms with Gasteiger partial charge in [-0.3, -0.25) is 4.79 Å². The number of alkyl halides is 6. The molecule has 8 heteroatoms. The van der Waals surface area contributed by atoms with E-state index in [4.69, 9.17) is 0 Å². The van der Waals surface area contributed by atoms with Gasteiger partial charge >= 0.3 is 12.4 Å². The summed E-state index contributed by atoms with van der Waals surface area (Å²) < 4.78 is 73.3. The Morgan fingerprint density at radius 1 is 1.06 bits per heavy atom. The van der Waals surface area contributed by atoms with Gasteiger partial charge in [0.05, 0.1) is 17.9 Å². The van der Waals surface area contributed by atoms with Gasteiger partial charge in [0.15, 0.2) is 0 Å². The van der Waals surface area contributed by atoms with Crippen LogP contribution in [0.25, 0.3) is 0 Å². The van der Waals surface area contributed by atoms with E-state index in [2.05, 4.69) is 5.92 Å². The second-order valence-corrected chi connectivity index (χ2v) is 3.51. The van der Waals surface area contributed by atoms with Crippen molar-refractivity contribution in [2.75, 3.05) is 0 Å². The van der Waals surface area contributed by atoms with E-state index in [1.165, 1.54) is 6.92 Å². The second kappa shape index (κ2) is 4.13. The van der Waals surface area contributed by atoms with Crippen molar-refractivity contribution >= 4 is 5.91 Å². The lowest BCUT2D eigenvalue weighted by molar-refractivity contribution is -0.191. The summed E-state index contributed by atoms with van der Waals surface area (Å²) in [4.78, 5) is 10.8. The number of nitrogens with one attached hydrogen (secondary N) is 1. The quantitative estimate of drug-likeness (QED) is 0.565. The van der Waals surface area contributed by atoms with Gasteiger partial charge in [-0.1, -0.05) is 5.92 Å². The molecule has 17 heavy (non-hydrogen) atoms. The third-order valence-corrected chi connectivity index (χ3v) is 2.31. The number of rotatable bonds is 1. The predicted octanol–water partition coefficient (Wildman–Crippen LogP) is 1.87. The standard InChI is InChI=1S/C9H7F6NO/c1-2-3-4(17)16-7-5(8(10,11)12)6(7)9(13,14)15/h5-7H,1H3,(H,16,17). The Labute approximate surface area is 92.4 Å². The summed E-state index contributed by atoms with van der Waals surface area (Å²) in [6.45, 7) is 1.25. The normalized spacial score (nSPS) is 28.1. The number of hydrogen-bond acceptors (Lipinski definition) is 1. The van der Waals surface area contributed by atoms with Gasteiger partial charge in [-0.15, -0.1) is 0 Å². The molecule has 1 aliphatic rings. The number of carbonyl (C=O) groups is 1. The summed E-state index contributed by atoms with van der Waals surface area (Å²) in [5, 5.41) is 1.62. The van der Waals surface area contributed by atoms with Gasteiger partial charge in [0.2, 0.25) is 0 Å². The van der Waals surface area contributed by atoms with Crippen LogP contribution in [-0.2, 0) is 4.79 Å². The fourth-order valence-corrected chi connectivity index (χ4v) is 1.61. The zero-order chi connectivity index (χ0) is 13.4. The van der Waals surface area contributed by atoms with E-state index in [0.717, 1.165) is 0 Å². The molecule has 2 nitrogen and oxygen atoms in total. The highest BCUT2D eigenvalue weighted by Crippen LogP contribution is 2.57. The third kappa shape index (κ3) is 3.05. The van der Waals surface area contributed by atoms with Crippen molar-refractivity contribution in [1.29, 1.82) is 0 Å². The van der Waals surface area contributed by atoms with E-state index in [0.29, 0.717) is 0 Å². The Morgan fingerprint density at radius 3 is 1.76 bits per heavy atom. The molecule has 1 rings (SSSR count). The van der Waals surface area contributed by atoms with Crippen LogP contribution in [0.2, 0.25) is 0 Å². The molecule has 0 aromatic rings. The fourth-order valence-electron chi connectivity index (χ4n) is 1.61. The molecule has 0 aromatic carbocycles. The van der Waals surface area contributed by atoms with Crippen LogP contribution in [0, 0.1) is 23.7 Å². The van der Waals surface area contributed by atoms with Gasteiger partial charge in [0.25, 0.3) is 5.91 Å². The number of carbonyl (C=O) groups excluding carboxylic acids is 1. The molecule has 0 heterocycles. The van der Waals surface area contributed by atoms with Gasteiger partial charge in [0.1, 0.15) is 0 Å². The monoisotopic (exact) mass is 259 g/mol. The highest BCUT2D eigenvalue weighted by atomic mass is 19.4. The molecule has 0 saturated heterocycles. The largest absolute Gasteiger partial charge is 0.394 e. The van der Waals surface area contributed by atoms with Crippen molar-refractivity contribution in [2.24, 2.45) is 11.8 Å². The molecule has 0 aromatic heterocycles. The average Bonchev–Trinajstić information content (AvgIpc) is 2.76. The lowest BCUT2D eigenvalue weighted by atomic mass is 10.3. The van der Waals surface area contributed by atoms with E-state index < -0.39 is 36.1 Å². The molecular formula is C9H7F6NO. The Kier molecular flexibility index (Phi) is 3.32. The number of hydrogen-bond donors (Lipinski definition) is 1. The van der Waals surface area contributed by atoms with Crippen LogP contribution in [0.5, 0.6) is 0 Å². The Morgan fingerprint density at radius 2 is 1.47 bits per heavy atom. The van der Waals surface area contributed by atoms with Gasteiger partial charge in [0, 0.05) is 0 Å². The van der Waals surface area contributed by atoms with Gasteiger partial charge < -0.3 is 5.32 Å². The van der Waals surface area contributed by atoms with Crippen LogP contribution in [0.15, 0.2) is 0 Å². The van der Waals surface area contributed by atoms with E-state index in [1.807, 2.05) is 5.92 Å². The minimum atomic E-state index is -4.99. The zero-order valence-corrected chi connectivity index (χ0v) is 8.41. The van der Waals surface area contributed by atoms with E-state index in [9.17, 15) is 31.1 Å². The van der Waals surface area contributed by atoms with E-state index >= 15 is 0 Å². The highest BCUT2D eigenvalue weighted by molar-refractivity contribution is 5.93. The first-order valence-electron chi connectivity index (χ1n) is 4.45. The minimum absolute atomic E-state index is 1.14. The van der Waals surface area contributed by atoms with Crippen molar-refractivity contribution in [1.82, 2.24) is 5.32 Å². The molecule has 1 aliphatic carbocycles. The summed E-state index contributed by atoms with van der Waals surface area (Å²) in [6.07, 6.45) is -9.98. The number of amides is 1. The van der Waals surface area contributed by atoms with Crippen LogP contribution < -0.4 is 5.32 Å². The maximum atomic E-state index is 12.2. The maximum Gasteiger partial charge on any atom is 0.394 e. The topological polar surface area (TPSA) is 29.1 Å².